The number of carboxylic acids is 1. The van der Waals surface area contributed by atoms with Crippen molar-refractivity contribution in [1.82, 2.24) is 4.90 Å². The average Bonchev–Trinajstić information content (AvgIpc) is 2.94. The van der Waals surface area contributed by atoms with Gasteiger partial charge in [-0.3, -0.25) is 19.8 Å². The van der Waals surface area contributed by atoms with Gasteiger partial charge in [0.25, 0.3) is 11.6 Å². The number of nitro groups is 1. The van der Waals surface area contributed by atoms with Gasteiger partial charge in [-0.25, -0.2) is 4.79 Å². The number of carboxylic acid groups (broad SMARTS) is 1. The van der Waals surface area contributed by atoms with Crippen LogP contribution in [-0.2, 0) is 9.53 Å². The number of amides is 1. The van der Waals surface area contributed by atoms with Crippen molar-refractivity contribution in [3.63, 3.8) is 0 Å². The van der Waals surface area contributed by atoms with Gasteiger partial charge in [-0.2, -0.15) is 0 Å². The molecule has 2 fully saturated rings. The molecule has 1 N–H and O–H groups in total. The summed E-state index contributed by atoms with van der Waals surface area (Å²) >= 11 is 0. The van der Waals surface area contributed by atoms with Crippen LogP contribution in [0.1, 0.15) is 48.0 Å². The van der Waals surface area contributed by atoms with Crippen molar-refractivity contribution in [3.8, 4) is 0 Å². The molecule has 1 atom stereocenters. The molecule has 134 valence electrons. The lowest BCUT2D eigenvalue weighted by Crippen LogP contribution is -2.54. The van der Waals surface area contributed by atoms with Crippen LogP contribution >= 0.6 is 0 Å². The second kappa shape index (κ2) is 6.44. The first kappa shape index (κ1) is 17.3. The number of nitro benzene ring substituents is 1. The van der Waals surface area contributed by atoms with Crippen molar-refractivity contribution in [1.29, 1.82) is 0 Å². The lowest BCUT2D eigenvalue weighted by molar-refractivity contribution is -0.385. The summed E-state index contributed by atoms with van der Waals surface area (Å²) in [6, 6.07) is 3.14. The quantitative estimate of drug-likeness (QED) is 0.664. The molecular weight excluding hydrogens is 328 g/mol. The van der Waals surface area contributed by atoms with Gasteiger partial charge in [0.1, 0.15) is 5.72 Å². The lowest BCUT2D eigenvalue weighted by atomic mass is 9.89. The van der Waals surface area contributed by atoms with Gasteiger partial charge < -0.3 is 9.84 Å². The van der Waals surface area contributed by atoms with Crippen LogP contribution in [0.25, 0.3) is 0 Å². The molecule has 1 heterocycles. The maximum atomic E-state index is 13.1. The van der Waals surface area contributed by atoms with Crippen LogP contribution in [0, 0.1) is 17.0 Å². The second-order valence-corrected chi connectivity index (χ2v) is 6.61. The highest BCUT2D eigenvalue weighted by Gasteiger charge is 2.53. The smallest absolute Gasteiger partial charge is 0.328 e. The summed E-state index contributed by atoms with van der Waals surface area (Å²) in [7, 11) is 0. The van der Waals surface area contributed by atoms with E-state index >= 15 is 0 Å². The highest BCUT2D eigenvalue weighted by atomic mass is 16.6. The fraction of sp³-hybridized carbons (Fsp3) is 0.529. The van der Waals surface area contributed by atoms with Crippen LogP contribution in [0.15, 0.2) is 18.2 Å². The molecular formula is C17H20N2O6. The third-order valence-corrected chi connectivity index (χ3v) is 5.05. The van der Waals surface area contributed by atoms with Crippen molar-refractivity contribution in [2.24, 2.45) is 0 Å². The molecule has 1 spiro atoms. The van der Waals surface area contributed by atoms with E-state index in [1.165, 1.54) is 23.1 Å². The number of benzene rings is 1. The van der Waals surface area contributed by atoms with E-state index in [-0.39, 0.29) is 17.9 Å². The van der Waals surface area contributed by atoms with Crippen LogP contribution in [0.3, 0.4) is 0 Å². The number of ether oxygens (including phenoxy) is 1. The standard InChI is InChI=1S/C17H20N2O6/c1-11-5-6-12(9-13(11)19(23)24)15(20)18-14(16(21)22)10-25-17(18)7-3-2-4-8-17/h5-6,9,14H,2-4,7-8,10H2,1H3,(H,21,22). The summed E-state index contributed by atoms with van der Waals surface area (Å²) in [6.07, 6.45) is 3.88. The Labute approximate surface area is 144 Å². The minimum Gasteiger partial charge on any atom is -0.480 e. The molecule has 0 radical (unpaired) electrons. The summed E-state index contributed by atoms with van der Waals surface area (Å²) in [4.78, 5) is 36.6. The molecule has 1 aromatic carbocycles. The van der Waals surface area contributed by atoms with E-state index in [1.54, 1.807) is 6.92 Å². The molecule has 1 aromatic rings. The first-order valence-electron chi connectivity index (χ1n) is 8.31. The van der Waals surface area contributed by atoms with Crippen molar-refractivity contribution in [2.45, 2.75) is 50.8 Å². The Morgan fingerprint density at radius 1 is 1.32 bits per heavy atom. The highest BCUT2D eigenvalue weighted by Crippen LogP contribution is 2.41. The molecule has 0 bridgehead atoms. The molecule has 8 nitrogen and oxygen atoms in total. The topological polar surface area (TPSA) is 110 Å². The third-order valence-electron chi connectivity index (χ3n) is 5.05. The van der Waals surface area contributed by atoms with Gasteiger partial charge in [-0.1, -0.05) is 12.5 Å². The van der Waals surface area contributed by atoms with Crippen LogP contribution in [0.4, 0.5) is 5.69 Å². The Hall–Kier alpha value is -2.48. The number of hydrogen-bond donors (Lipinski definition) is 1. The molecule has 8 heteroatoms. The average molecular weight is 348 g/mol. The Kier molecular flexibility index (Phi) is 4.47. The molecule has 1 saturated heterocycles. The van der Waals surface area contributed by atoms with Crippen LogP contribution in [-0.4, -0.2) is 45.2 Å². The number of carbonyl (C=O) groups is 2. The van der Waals surface area contributed by atoms with E-state index in [9.17, 15) is 24.8 Å². The highest BCUT2D eigenvalue weighted by molar-refractivity contribution is 5.98. The second-order valence-electron chi connectivity index (χ2n) is 6.61. The van der Waals surface area contributed by atoms with Gasteiger partial charge in [0.15, 0.2) is 6.04 Å². The van der Waals surface area contributed by atoms with E-state index in [0.29, 0.717) is 18.4 Å². The number of aliphatic carboxylic acids is 1. The maximum Gasteiger partial charge on any atom is 0.328 e. The SMILES string of the molecule is Cc1ccc(C(=O)N2C(C(=O)O)COC23CCCCC3)cc1[N+](=O)[O-]. The third kappa shape index (κ3) is 2.97. The Balaban J connectivity index is 2.01. The molecule has 1 amide bonds. The van der Waals surface area contributed by atoms with Crippen molar-refractivity contribution in [2.75, 3.05) is 6.61 Å². The minimum absolute atomic E-state index is 0.0605. The van der Waals surface area contributed by atoms with E-state index in [1.807, 2.05) is 0 Å². The molecule has 1 aliphatic heterocycles. The maximum absolute atomic E-state index is 13.1. The van der Waals surface area contributed by atoms with Gasteiger partial charge in [0.2, 0.25) is 0 Å². The number of nitrogens with zero attached hydrogens (tertiary/aromatic N) is 2. The van der Waals surface area contributed by atoms with Crippen molar-refractivity contribution < 1.29 is 24.4 Å². The summed E-state index contributed by atoms with van der Waals surface area (Å²) in [5.74, 6) is -1.66. The molecule has 2 aliphatic rings. The molecule has 1 saturated carbocycles. The van der Waals surface area contributed by atoms with Crippen LogP contribution in [0.5, 0.6) is 0 Å². The van der Waals surface area contributed by atoms with E-state index in [4.69, 9.17) is 4.74 Å². The summed E-state index contributed by atoms with van der Waals surface area (Å²) in [5.41, 5.74) is -0.520. The number of aryl methyl sites for hydroxylation is 1. The summed E-state index contributed by atoms with van der Waals surface area (Å²) in [6.45, 7) is 1.53. The molecule has 25 heavy (non-hydrogen) atoms. The largest absolute Gasteiger partial charge is 0.480 e. The van der Waals surface area contributed by atoms with Crippen molar-refractivity contribution in [3.05, 3.63) is 39.4 Å². The fourth-order valence-corrected chi connectivity index (χ4v) is 3.74. The fourth-order valence-electron chi connectivity index (χ4n) is 3.74. The lowest BCUT2D eigenvalue weighted by Gasteiger charge is -2.41. The zero-order valence-corrected chi connectivity index (χ0v) is 13.9. The number of rotatable bonds is 3. The Bertz CT molecular complexity index is 726. The number of hydrogen-bond acceptors (Lipinski definition) is 5. The first-order chi connectivity index (χ1) is 11.9. The normalized spacial score (nSPS) is 22.1. The molecule has 1 aliphatic carbocycles. The van der Waals surface area contributed by atoms with E-state index in [2.05, 4.69) is 0 Å². The summed E-state index contributed by atoms with van der Waals surface area (Å²) < 4.78 is 5.80. The monoisotopic (exact) mass is 348 g/mol. The zero-order chi connectivity index (χ0) is 18.2. The van der Waals surface area contributed by atoms with Crippen LogP contribution in [0.2, 0.25) is 0 Å². The van der Waals surface area contributed by atoms with Crippen molar-refractivity contribution >= 4 is 17.6 Å². The Morgan fingerprint density at radius 2 is 2.00 bits per heavy atom. The Morgan fingerprint density at radius 3 is 2.60 bits per heavy atom. The predicted octanol–water partition coefficient (Wildman–Crippen LogP) is 2.49. The zero-order valence-electron chi connectivity index (χ0n) is 13.9. The van der Waals surface area contributed by atoms with Gasteiger partial charge in [0, 0.05) is 17.2 Å². The summed E-state index contributed by atoms with van der Waals surface area (Å²) in [5, 5.41) is 20.6. The number of carbonyl (C=O) groups excluding carboxylic acids is 1. The van der Waals surface area contributed by atoms with Gasteiger partial charge in [-0.05, 0) is 38.7 Å². The minimum atomic E-state index is -1.13. The molecule has 3 rings (SSSR count). The van der Waals surface area contributed by atoms with Gasteiger partial charge >= 0.3 is 5.97 Å². The predicted molar refractivity (Wildman–Crippen MR) is 87.2 cm³/mol. The van der Waals surface area contributed by atoms with Gasteiger partial charge in [-0.15, -0.1) is 0 Å². The molecule has 1 unspecified atom stereocenters. The molecule has 0 aromatic heterocycles. The van der Waals surface area contributed by atoms with Gasteiger partial charge in [0.05, 0.1) is 11.5 Å². The van der Waals surface area contributed by atoms with Crippen LogP contribution < -0.4 is 0 Å². The van der Waals surface area contributed by atoms with E-state index in [0.717, 1.165) is 19.3 Å². The van der Waals surface area contributed by atoms with E-state index < -0.39 is 28.6 Å². The first-order valence-corrected chi connectivity index (χ1v) is 8.31.